The van der Waals surface area contributed by atoms with Gasteiger partial charge in [0.1, 0.15) is 12.7 Å². The Morgan fingerprint density at radius 2 is 1.38 bits per heavy atom. The number of aliphatic hydroxyl groups excluding tert-OH is 1. The number of carbonyl (C=O) groups excluding carboxylic acids is 5. The third-order valence-electron chi connectivity index (χ3n) is 2.55. The summed E-state index contributed by atoms with van der Waals surface area (Å²) in [7, 11) is 0. The van der Waals surface area contributed by atoms with Crippen molar-refractivity contribution in [2.75, 3.05) is 6.61 Å². The van der Waals surface area contributed by atoms with E-state index in [2.05, 4.69) is 9.47 Å². The van der Waals surface area contributed by atoms with Crippen LogP contribution >= 0.6 is 0 Å². The molecule has 0 rings (SSSR count). The van der Waals surface area contributed by atoms with Crippen molar-refractivity contribution in [3.8, 4) is 0 Å². The molecule has 0 amide bonds. The number of ether oxygens (including phenoxy) is 4. The molecule has 10 heteroatoms. The molecular weight excluding hydrogens is 328 g/mol. The third kappa shape index (κ3) is 8.22. The Morgan fingerprint density at radius 1 is 0.875 bits per heavy atom. The van der Waals surface area contributed by atoms with E-state index >= 15 is 0 Å². The first-order valence-corrected chi connectivity index (χ1v) is 6.86. The van der Waals surface area contributed by atoms with E-state index in [1.807, 2.05) is 0 Å². The lowest BCUT2D eigenvalue weighted by molar-refractivity contribution is -0.191. The second-order valence-electron chi connectivity index (χ2n) is 4.73. The fourth-order valence-corrected chi connectivity index (χ4v) is 1.71. The molecule has 0 saturated carbocycles. The van der Waals surface area contributed by atoms with Gasteiger partial charge in [-0.05, 0) is 0 Å². The van der Waals surface area contributed by atoms with Gasteiger partial charge in [-0.3, -0.25) is 24.0 Å². The van der Waals surface area contributed by atoms with Crippen molar-refractivity contribution in [3.63, 3.8) is 0 Å². The summed E-state index contributed by atoms with van der Waals surface area (Å²) in [6.45, 7) is 3.59. The summed E-state index contributed by atoms with van der Waals surface area (Å²) >= 11 is 0. The molecule has 24 heavy (non-hydrogen) atoms. The standard InChI is InChI=1S/C14H20O10/c1-7(16)21-6-12(23-9(3)18)13(20)14(24-10(4)19)11(5-15)22-8(2)17/h5,11-14,20H,6H2,1-4H3. The van der Waals surface area contributed by atoms with Crippen LogP contribution in [0.4, 0.5) is 0 Å². The first-order chi connectivity index (χ1) is 11.1. The third-order valence-corrected chi connectivity index (χ3v) is 2.55. The highest BCUT2D eigenvalue weighted by molar-refractivity contribution is 5.72. The number of rotatable bonds is 9. The Balaban J connectivity index is 5.44. The molecule has 0 aromatic rings. The van der Waals surface area contributed by atoms with Crippen molar-refractivity contribution >= 4 is 30.2 Å². The van der Waals surface area contributed by atoms with Gasteiger partial charge in [0.15, 0.2) is 24.6 Å². The highest BCUT2D eigenvalue weighted by atomic mass is 16.6. The molecule has 1 N–H and O–H groups in total. The van der Waals surface area contributed by atoms with Crippen LogP contribution in [0.3, 0.4) is 0 Å². The lowest BCUT2D eigenvalue weighted by atomic mass is 10.0. The first kappa shape index (κ1) is 21.5. The van der Waals surface area contributed by atoms with Crippen molar-refractivity contribution in [1.82, 2.24) is 0 Å². The summed E-state index contributed by atoms with van der Waals surface area (Å²) in [5.41, 5.74) is 0. The molecule has 0 bridgehead atoms. The molecule has 4 atom stereocenters. The van der Waals surface area contributed by atoms with Crippen molar-refractivity contribution < 1.29 is 48.0 Å². The smallest absolute Gasteiger partial charge is 0.303 e. The maximum Gasteiger partial charge on any atom is 0.303 e. The highest BCUT2D eigenvalue weighted by Gasteiger charge is 2.40. The second-order valence-corrected chi connectivity index (χ2v) is 4.73. The predicted molar refractivity (Wildman–Crippen MR) is 75.4 cm³/mol. The molecule has 4 unspecified atom stereocenters. The zero-order valence-corrected chi connectivity index (χ0v) is 13.7. The number of aldehydes is 1. The maximum atomic E-state index is 11.2. The second kappa shape index (κ2) is 10.3. The minimum atomic E-state index is -1.80. The summed E-state index contributed by atoms with van der Waals surface area (Å²) in [5, 5.41) is 10.3. The minimum absolute atomic E-state index is 0.148. The molecule has 0 spiro atoms. The first-order valence-electron chi connectivity index (χ1n) is 6.86. The van der Waals surface area contributed by atoms with Gasteiger partial charge in [-0.25, -0.2) is 0 Å². The lowest BCUT2D eigenvalue weighted by Gasteiger charge is -2.30. The van der Waals surface area contributed by atoms with E-state index in [9.17, 15) is 29.1 Å². The summed E-state index contributed by atoms with van der Waals surface area (Å²) in [4.78, 5) is 55.3. The van der Waals surface area contributed by atoms with Gasteiger partial charge in [0.05, 0.1) is 0 Å². The summed E-state index contributed by atoms with van der Waals surface area (Å²) in [6, 6.07) is 0. The average molecular weight is 348 g/mol. The number of hydrogen-bond donors (Lipinski definition) is 1. The van der Waals surface area contributed by atoms with Gasteiger partial charge in [-0.1, -0.05) is 0 Å². The molecule has 10 nitrogen and oxygen atoms in total. The summed E-state index contributed by atoms with van der Waals surface area (Å²) in [5.74, 6) is -3.27. The van der Waals surface area contributed by atoms with Crippen molar-refractivity contribution in [2.24, 2.45) is 0 Å². The van der Waals surface area contributed by atoms with E-state index in [1.54, 1.807) is 0 Å². The van der Waals surface area contributed by atoms with Gasteiger partial charge >= 0.3 is 23.9 Å². The number of carbonyl (C=O) groups is 5. The molecule has 0 radical (unpaired) electrons. The van der Waals surface area contributed by atoms with Crippen molar-refractivity contribution in [2.45, 2.75) is 52.1 Å². The van der Waals surface area contributed by atoms with Crippen LogP contribution in [0, 0.1) is 0 Å². The Hall–Kier alpha value is -2.49. The molecule has 0 aliphatic rings. The van der Waals surface area contributed by atoms with Gasteiger partial charge in [0, 0.05) is 27.7 Å². The van der Waals surface area contributed by atoms with Crippen LogP contribution in [0.15, 0.2) is 0 Å². The van der Waals surface area contributed by atoms with Crippen LogP contribution in [0.5, 0.6) is 0 Å². The monoisotopic (exact) mass is 348 g/mol. The van der Waals surface area contributed by atoms with Gasteiger partial charge in [0.2, 0.25) is 0 Å². The van der Waals surface area contributed by atoms with Gasteiger partial charge < -0.3 is 24.1 Å². The summed E-state index contributed by atoms with van der Waals surface area (Å²) < 4.78 is 19.0. The number of hydrogen-bond acceptors (Lipinski definition) is 10. The maximum absolute atomic E-state index is 11.2. The number of esters is 4. The van der Waals surface area contributed by atoms with E-state index in [-0.39, 0.29) is 6.29 Å². The van der Waals surface area contributed by atoms with E-state index in [0.29, 0.717) is 0 Å². The topological polar surface area (TPSA) is 142 Å². The minimum Gasteiger partial charge on any atom is -0.462 e. The number of aliphatic hydroxyl groups is 1. The molecule has 0 fully saturated rings. The molecule has 0 aromatic heterocycles. The van der Waals surface area contributed by atoms with Crippen LogP contribution < -0.4 is 0 Å². The van der Waals surface area contributed by atoms with Crippen LogP contribution in [0.1, 0.15) is 27.7 Å². The Kier molecular flexibility index (Phi) is 9.25. The molecule has 136 valence electrons. The molecular formula is C14H20O10. The van der Waals surface area contributed by atoms with E-state index < -0.39 is 54.9 Å². The average Bonchev–Trinajstić information content (AvgIpc) is 2.45. The van der Waals surface area contributed by atoms with Crippen LogP contribution in [0.25, 0.3) is 0 Å². The highest BCUT2D eigenvalue weighted by Crippen LogP contribution is 2.15. The van der Waals surface area contributed by atoms with Crippen LogP contribution in [0.2, 0.25) is 0 Å². The van der Waals surface area contributed by atoms with Gasteiger partial charge in [-0.2, -0.15) is 0 Å². The normalized spacial score (nSPS) is 15.2. The van der Waals surface area contributed by atoms with E-state index in [0.717, 1.165) is 27.7 Å². The molecule has 0 aliphatic heterocycles. The molecule has 0 aliphatic carbocycles. The largest absolute Gasteiger partial charge is 0.462 e. The zero-order valence-electron chi connectivity index (χ0n) is 13.7. The predicted octanol–water partition coefficient (Wildman–Crippen LogP) is -1.10. The quantitative estimate of drug-likeness (QED) is 0.310. The zero-order chi connectivity index (χ0) is 18.9. The Labute approximate surface area is 138 Å². The van der Waals surface area contributed by atoms with Crippen molar-refractivity contribution in [3.05, 3.63) is 0 Å². The van der Waals surface area contributed by atoms with E-state index in [1.165, 1.54) is 0 Å². The molecule has 0 heterocycles. The van der Waals surface area contributed by atoms with Gasteiger partial charge in [0.25, 0.3) is 0 Å². The van der Waals surface area contributed by atoms with Crippen molar-refractivity contribution in [1.29, 1.82) is 0 Å². The SMILES string of the molecule is CC(=O)OCC(OC(C)=O)C(O)C(OC(C)=O)C(C=O)OC(C)=O. The van der Waals surface area contributed by atoms with E-state index in [4.69, 9.17) is 9.47 Å². The van der Waals surface area contributed by atoms with Gasteiger partial charge in [-0.15, -0.1) is 0 Å². The molecule has 0 saturated heterocycles. The summed E-state index contributed by atoms with van der Waals surface area (Å²) in [6.07, 6.45) is -6.41. The molecule has 0 aromatic carbocycles. The van der Waals surface area contributed by atoms with Crippen LogP contribution in [-0.2, 0) is 42.9 Å². The Morgan fingerprint density at radius 3 is 1.75 bits per heavy atom. The van der Waals surface area contributed by atoms with Crippen LogP contribution in [-0.4, -0.2) is 66.3 Å². The fraction of sp³-hybridized carbons (Fsp3) is 0.643. The lowest BCUT2D eigenvalue weighted by Crippen LogP contribution is -2.51. The fourth-order valence-electron chi connectivity index (χ4n) is 1.71. The Bertz CT molecular complexity index is 486.